The van der Waals surface area contributed by atoms with Crippen molar-refractivity contribution in [3.05, 3.63) is 29.8 Å². The van der Waals surface area contributed by atoms with Crippen LogP contribution in [0.4, 0.5) is 0 Å². The minimum Gasteiger partial charge on any atom is -0.368 e. The maximum atomic E-state index is 12.2. The second-order valence-electron chi connectivity index (χ2n) is 4.70. The van der Waals surface area contributed by atoms with Crippen molar-refractivity contribution in [2.24, 2.45) is 11.7 Å². The summed E-state index contributed by atoms with van der Waals surface area (Å²) in [5, 5.41) is 0. The molecule has 0 aliphatic carbocycles. The Kier molecular flexibility index (Phi) is 5.08. The zero-order chi connectivity index (χ0) is 14.6. The van der Waals surface area contributed by atoms with Crippen LogP contribution in [0.15, 0.2) is 29.2 Å². The predicted octanol–water partition coefficient (Wildman–Crippen LogP) is 1.17. The molecule has 0 radical (unpaired) electrons. The van der Waals surface area contributed by atoms with Gasteiger partial charge in [0, 0.05) is 0 Å². The zero-order valence-corrected chi connectivity index (χ0v) is 12.2. The molecule has 5 nitrogen and oxygen atoms in total. The molecule has 6 heteroatoms. The Morgan fingerprint density at radius 1 is 1.32 bits per heavy atom. The molecular weight excluding hydrogens is 264 g/mol. The average Bonchev–Trinajstić information content (AvgIpc) is 2.35. The van der Waals surface area contributed by atoms with Crippen molar-refractivity contribution in [3.8, 4) is 0 Å². The molecule has 1 amide bonds. The number of hydrogen-bond donors (Lipinski definition) is 2. The number of nitrogens with two attached hydrogens (primary N) is 1. The summed E-state index contributed by atoms with van der Waals surface area (Å²) >= 11 is 0. The van der Waals surface area contributed by atoms with Gasteiger partial charge in [0.05, 0.1) is 4.90 Å². The number of aryl methyl sites for hydroxylation is 1. The normalized spacial score (nSPS) is 14.9. The molecule has 0 aliphatic rings. The van der Waals surface area contributed by atoms with E-state index in [1.165, 1.54) is 12.1 Å². The van der Waals surface area contributed by atoms with Crippen LogP contribution in [-0.4, -0.2) is 20.4 Å². The number of nitrogens with one attached hydrogen (secondary N) is 1. The van der Waals surface area contributed by atoms with Gasteiger partial charge in [-0.2, -0.15) is 4.72 Å². The highest BCUT2D eigenvalue weighted by atomic mass is 32.2. The minimum absolute atomic E-state index is 0.132. The molecule has 0 heterocycles. The number of rotatable bonds is 6. The number of hydrogen-bond acceptors (Lipinski definition) is 3. The molecule has 0 saturated heterocycles. The Balaban J connectivity index is 3.00. The van der Waals surface area contributed by atoms with Crippen LogP contribution in [0.25, 0.3) is 0 Å². The molecule has 0 bridgehead atoms. The first-order valence-electron chi connectivity index (χ1n) is 6.16. The fourth-order valence-electron chi connectivity index (χ4n) is 1.64. The molecule has 1 rings (SSSR count). The summed E-state index contributed by atoms with van der Waals surface area (Å²) in [5.41, 5.74) is 6.22. The topological polar surface area (TPSA) is 89.3 Å². The molecule has 1 aromatic rings. The van der Waals surface area contributed by atoms with Gasteiger partial charge in [-0.05, 0) is 25.0 Å². The Hall–Kier alpha value is -1.40. The van der Waals surface area contributed by atoms with E-state index in [1.54, 1.807) is 19.1 Å². The molecule has 3 N–H and O–H groups in total. The van der Waals surface area contributed by atoms with Gasteiger partial charge in [-0.15, -0.1) is 0 Å². The highest BCUT2D eigenvalue weighted by Gasteiger charge is 2.27. The summed E-state index contributed by atoms with van der Waals surface area (Å²) in [6.07, 6.45) is 0.657. The van der Waals surface area contributed by atoms with Gasteiger partial charge >= 0.3 is 0 Å². The van der Waals surface area contributed by atoms with E-state index in [-0.39, 0.29) is 10.8 Å². The summed E-state index contributed by atoms with van der Waals surface area (Å²) in [5.74, 6) is -0.817. The van der Waals surface area contributed by atoms with E-state index in [1.807, 2.05) is 13.8 Å². The van der Waals surface area contributed by atoms with Crippen LogP contribution in [0.5, 0.6) is 0 Å². The third kappa shape index (κ3) is 4.04. The van der Waals surface area contributed by atoms with Gasteiger partial charge in [-0.3, -0.25) is 4.79 Å². The van der Waals surface area contributed by atoms with Crippen LogP contribution >= 0.6 is 0 Å². The second kappa shape index (κ2) is 6.16. The number of primary amides is 1. The fourth-order valence-corrected chi connectivity index (χ4v) is 2.96. The molecule has 0 fully saturated rings. The van der Waals surface area contributed by atoms with E-state index in [4.69, 9.17) is 5.73 Å². The first kappa shape index (κ1) is 15.7. The van der Waals surface area contributed by atoms with Gasteiger partial charge in [-0.25, -0.2) is 8.42 Å². The summed E-state index contributed by atoms with van der Waals surface area (Å²) in [6, 6.07) is 5.53. The molecule has 0 aliphatic heterocycles. The lowest BCUT2D eigenvalue weighted by Gasteiger charge is -2.21. The Morgan fingerprint density at radius 3 is 2.26 bits per heavy atom. The molecular formula is C13H20N2O3S. The van der Waals surface area contributed by atoms with Crippen molar-refractivity contribution in [1.82, 2.24) is 4.72 Å². The van der Waals surface area contributed by atoms with E-state index in [0.717, 1.165) is 5.56 Å². The Labute approximate surface area is 114 Å². The lowest BCUT2D eigenvalue weighted by atomic mass is 10.00. The zero-order valence-electron chi connectivity index (χ0n) is 11.4. The number of amides is 1. The minimum atomic E-state index is -3.73. The van der Waals surface area contributed by atoms with Crippen molar-refractivity contribution >= 4 is 15.9 Å². The third-order valence-corrected chi connectivity index (χ3v) is 4.59. The quantitative estimate of drug-likeness (QED) is 0.821. The van der Waals surface area contributed by atoms with Gasteiger partial charge in [-0.1, -0.05) is 38.0 Å². The summed E-state index contributed by atoms with van der Waals surface area (Å²) in [7, 11) is -3.73. The second-order valence-corrected chi connectivity index (χ2v) is 6.41. The van der Waals surface area contributed by atoms with Gasteiger partial charge < -0.3 is 5.73 Å². The largest absolute Gasteiger partial charge is 0.368 e. The van der Waals surface area contributed by atoms with E-state index < -0.39 is 22.0 Å². The van der Waals surface area contributed by atoms with Crippen molar-refractivity contribution in [3.63, 3.8) is 0 Å². The monoisotopic (exact) mass is 284 g/mol. The van der Waals surface area contributed by atoms with E-state index in [2.05, 4.69) is 4.72 Å². The van der Waals surface area contributed by atoms with Gasteiger partial charge in [0.15, 0.2) is 0 Å². The molecule has 1 aromatic carbocycles. The Morgan fingerprint density at radius 2 is 1.84 bits per heavy atom. The fraction of sp³-hybridized carbons (Fsp3) is 0.462. The van der Waals surface area contributed by atoms with Crippen LogP contribution < -0.4 is 10.5 Å². The van der Waals surface area contributed by atoms with Crippen LogP contribution in [0, 0.1) is 12.8 Å². The first-order chi connectivity index (χ1) is 8.77. The van der Waals surface area contributed by atoms with Gasteiger partial charge in [0.2, 0.25) is 15.9 Å². The Bertz CT molecular complexity index is 538. The number of carbonyl (C=O) groups excluding carboxylic acids is 1. The average molecular weight is 284 g/mol. The number of benzene rings is 1. The highest BCUT2D eigenvalue weighted by Crippen LogP contribution is 2.14. The van der Waals surface area contributed by atoms with Crippen LogP contribution in [0.3, 0.4) is 0 Å². The van der Waals surface area contributed by atoms with E-state index in [9.17, 15) is 13.2 Å². The number of carbonyl (C=O) groups is 1. The standard InChI is InChI=1S/C13H20N2O3S/c1-4-10(3)12(13(14)16)15-19(17,18)11-7-5-9(2)6-8-11/h5-8,10,12,15H,4H2,1-3H3,(H2,14,16). The van der Waals surface area contributed by atoms with Crippen molar-refractivity contribution < 1.29 is 13.2 Å². The molecule has 0 spiro atoms. The van der Waals surface area contributed by atoms with Gasteiger partial charge in [0.1, 0.15) is 6.04 Å². The lowest BCUT2D eigenvalue weighted by molar-refractivity contribution is -0.120. The maximum absolute atomic E-state index is 12.2. The number of sulfonamides is 1. The van der Waals surface area contributed by atoms with Crippen molar-refractivity contribution in [1.29, 1.82) is 0 Å². The first-order valence-corrected chi connectivity index (χ1v) is 7.64. The van der Waals surface area contributed by atoms with Crippen LogP contribution in [0.2, 0.25) is 0 Å². The summed E-state index contributed by atoms with van der Waals surface area (Å²) in [6.45, 7) is 5.53. The molecule has 0 aromatic heterocycles. The molecule has 2 atom stereocenters. The third-order valence-electron chi connectivity index (χ3n) is 3.13. The summed E-state index contributed by atoms with van der Waals surface area (Å²) in [4.78, 5) is 11.5. The van der Waals surface area contributed by atoms with E-state index >= 15 is 0 Å². The van der Waals surface area contributed by atoms with Crippen LogP contribution in [0.1, 0.15) is 25.8 Å². The van der Waals surface area contributed by atoms with Crippen LogP contribution in [-0.2, 0) is 14.8 Å². The lowest BCUT2D eigenvalue weighted by Crippen LogP contribution is -2.48. The predicted molar refractivity (Wildman–Crippen MR) is 73.9 cm³/mol. The smallest absolute Gasteiger partial charge is 0.241 e. The van der Waals surface area contributed by atoms with E-state index in [0.29, 0.717) is 6.42 Å². The van der Waals surface area contributed by atoms with Crippen molar-refractivity contribution in [2.45, 2.75) is 38.1 Å². The maximum Gasteiger partial charge on any atom is 0.241 e. The molecule has 19 heavy (non-hydrogen) atoms. The molecule has 2 unspecified atom stereocenters. The van der Waals surface area contributed by atoms with Crippen molar-refractivity contribution in [2.75, 3.05) is 0 Å². The van der Waals surface area contributed by atoms with Gasteiger partial charge in [0.25, 0.3) is 0 Å². The SMILES string of the molecule is CCC(C)C(NS(=O)(=O)c1ccc(C)cc1)C(N)=O. The molecule has 106 valence electrons. The summed E-state index contributed by atoms with van der Waals surface area (Å²) < 4.78 is 26.7. The molecule has 0 saturated carbocycles. The highest BCUT2D eigenvalue weighted by molar-refractivity contribution is 7.89.